The van der Waals surface area contributed by atoms with Crippen LogP contribution in [0.5, 0.6) is 0 Å². The normalized spacial score (nSPS) is 13.7. The number of benzene rings is 1. The fourth-order valence-corrected chi connectivity index (χ4v) is 2.73. The van der Waals surface area contributed by atoms with Crippen LogP contribution < -0.4 is 5.32 Å². The first-order valence-corrected chi connectivity index (χ1v) is 10.1. The number of hydrogen-bond acceptors (Lipinski definition) is 3. The van der Waals surface area contributed by atoms with Gasteiger partial charge < -0.3 is 5.32 Å². The first-order chi connectivity index (χ1) is 14.6. The van der Waals surface area contributed by atoms with E-state index < -0.39 is 0 Å². The van der Waals surface area contributed by atoms with Crippen LogP contribution in [0, 0.1) is 0 Å². The maximum atomic E-state index is 4.62. The quantitative estimate of drug-likeness (QED) is 0.311. The topological polar surface area (TPSA) is 54.6 Å². The number of nitrogens with one attached hydrogen (secondary N) is 1. The lowest BCUT2D eigenvalue weighted by Crippen LogP contribution is -2.20. The highest BCUT2D eigenvalue weighted by Crippen LogP contribution is 2.13. The summed E-state index contributed by atoms with van der Waals surface area (Å²) in [5.41, 5.74) is 5.10. The standard InChI is InChI=1S/C25H31N5/c1-6-10-23(8-3)20(4)18-27-21(5)25(26-15-7-2)29-24-13-11-22(12-14-24)19-30-17-9-16-28-30/h7-18H,3,6,19H2,1-2,4-5H3,(H,26,29)/b15-7-,20-18+,23-10+,27-21?. The van der Waals surface area contributed by atoms with Crippen LogP contribution in [0.15, 0.2) is 101 Å². The van der Waals surface area contributed by atoms with Crippen LogP contribution in [0.4, 0.5) is 5.69 Å². The Hall–Kier alpha value is -3.47. The van der Waals surface area contributed by atoms with E-state index in [1.807, 2.05) is 68.2 Å². The average Bonchev–Trinajstić information content (AvgIpc) is 3.27. The van der Waals surface area contributed by atoms with Crippen molar-refractivity contribution in [2.75, 3.05) is 5.32 Å². The van der Waals surface area contributed by atoms with Crippen LogP contribution in [0.25, 0.3) is 0 Å². The first kappa shape index (κ1) is 22.8. The number of amidine groups is 1. The molecule has 2 aromatic rings. The summed E-state index contributed by atoms with van der Waals surface area (Å²) in [6.45, 7) is 12.7. The van der Waals surface area contributed by atoms with Crippen molar-refractivity contribution in [1.82, 2.24) is 9.78 Å². The molecule has 2 rings (SSSR count). The number of nitrogens with zero attached hydrogens (tertiary/aromatic N) is 4. The summed E-state index contributed by atoms with van der Waals surface area (Å²) in [5.74, 6) is 0.705. The third-order valence-electron chi connectivity index (χ3n) is 4.37. The molecule has 0 saturated heterocycles. The molecule has 30 heavy (non-hydrogen) atoms. The van der Waals surface area contributed by atoms with Gasteiger partial charge in [-0.05, 0) is 62.1 Å². The molecule has 0 bridgehead atoms. The van der Waals surface area contributed by atoms with Gasteiger partial charge in [0.25, 0.3) is 0 Å². The fourth-order valence-electron chi connectivity index (χ4n) is 2.73. The number of aliphatic imine (C=N–C) groups is 2. The predicted octanol–water partition coefficient (Wildman–Crippen LogP) is 6.16. The molecule has 0 radical (unpaired) electrons. The Balaban J connectivity index is 2.17. The summed E-state index contributed by atoms with van der Waals surface area (Å²) >= 11 is 0. The van der Waals surface area contributed by atoms with Crippen molar-refractivity contribution in [3.8, 4) is 0 Å². The van der Waals surface area contributed by atoms with Crippen LogP contribution in [0.1, 0.15) is 39.7 Å². The lowest BCUT2D eigenvalue weighted by Gasteiger charge is -2.10. The minimum absolute atomic E-state index is 0.705. The molecule has 5 nitrogen and oxygen atoms in total. The molecular formula is C25H31N5. The molecule has 0 atom stereocenters. The van der Waals surface area contributed by atoms with Crippen LogP contribution in [0.2, 0.25) is 0 Å². The van der Waals surface area contributed by atoms with E-state index in [0.717, 1.165) is 35.5 Å². The Morgan fingerprint density at radius 1 is 1.20 bits per heavy atom. The van der Waals surface area contributed by atoms with Gasteiger partial charge in [0.15, 0.2) is 5.84 Å². The molecule has 1 heterocycles. The molecule has 1 aromatic carbocycles. The number of anilines is 1. The fraction of sp³-hybridized carbons (Fsp3) is 0.240. The Bertz CT molecular complexity index is 955. The highest BCUT2D eigenvalue weighted by molar-refractivity contribution is 6.45. The van der Waals surface area contributed by atoms with E-state index in [0.29, 0.717) is 5.84 Å². The lowest BCUT2D eigenvalue weighted by molar-refractivity contribution is 0.687. The molecular weight excluding hydrogens is 370 g/mol. The van der Waals surface area contributed by atoms with Crippen molar-refractivity contribution >= 4 is 17.2 Å². The van der Waals surface area contributed by atoms with Gasteiger partial charge in [-0.3, -0.25) is 9.67 Å². The van der Waals surface area contributed by atoms with Gasteiger partial charge in [0, 0.05) is 30.5 Å². The third-order valence-corrected chi connectivity index (χ3v) is 4.37. The van der Waals surface area contributed by atoms with Gasteiger partial charge in [-0.15, -0.1) is 0 Å². The van der Waals surface area contributed by atoms with Crippen molar-refractivity contribution in [3.63, 3.8) is 0 Å². The zero-order valence-corrected chi connectivity index (χ0v) is 18.3. The van der Waals surface area contributed by atoms with Gasteiger partial charge in [0.05, 0.1) is 12.3 Å². The summed E-state index contributed by atoms with van der Waals surface area (Å²) in [6.07, 6.45) is 14.2. The largest absolute Gasteiger partial charge is 0.339 e. The molecule has 156 valence electrons. The SMILES string of the molecule is C=CC(=C\CC)/C(C)=C/N=C(C)C(=N/C=C\C)Nc1ccc(Cn2cccn2)cc1. The second-order valence-corrected chi connectivity index (χ2v) is 6.78. The second-order valence-electron chi connectivity index (χ2n) is 6.78. The minimum atomic E-state index is 0.705. The Morgan fingerprint density at radius 3 is 2.57 bits per heavy atom. The van der Waals surface area contributed by atoms with Crippen molar-refractivity contribution < 1.29 is 0 Å². The average molecular weight is 402 g/mol. The molecule has 0 saturated carbocycles. The van der Waals surface area contributed by atoms with Gasteiger partial charge in [-0.25, -0.2) is 4.99 Å². The highest BCUT2D eigenvalue weighted by Gasteiger charge is 2.05. The number of aromatic nitrogens is 2. The minimum Gasteiger partial charge on any atom is -0.339 e. The molecule has 0 aliphatic carbocycles. The third kappa shape index (κ3) is 7.17. The van der Waals surface area contributed by atoms with E-state index >= 15 is 0 Å². The number of allylic oxidation sites excluding steroid dienone is 5. The van der Waals surface area contributed by atoms with Gasteiger partial charge in [0.1, 0.15) is 0 Å². The van der Waals surface area contributed by atoms with Crippen molar-refractivity contribution in [1.29, 1.82) is 0 Å². The number of hydrogen-bond donors (Lipinski definition) is 1. The van der Waals surface area contributed by atoms with E-state index in [-0.39, 0.29) is 0 Å². The van der Waals surface area contributed by atoms with E-state index in [9.17, 15) is 0 Å². The van der Waals surface area contributed by atoms with Gasteiger partial charge in [-0.2, -0.15) is 5.10 Å². The van der Waals surface area contributed by atoms with E-state index in [2.05, 4.69) is 52.1 Å². The second kappa shape index (κ2) is 12.2. The zero-order chi connectivity index (χ0) is 21.8. The summed E-state index contributed by atoms with van der Waals surface area (Å²) in [5, 5.41) is 7.62. The molecule has 0 aliphatic heterocycles. The van der Waals surface area contributed by atoms with E-state index in [1.54, 1.807) is 12.4 Å². The Morgan fingerprint density at radius 2 is 1.97 bits per heavy atom. The summed E-state index contributed by atoms with van der Waals surface area (Å²) in [6, 6.07) is 10.2. The van der Waals surface area contributed by atoms with Crippen molar-refractivity contribution in [2.24, 2.45) is 9.98 Å². The molecule has 0 fully saturated rings. The number of rotatable bonds is 9. The summed E-state index contributed by atoms with van der Waals surface area (Å²) < 4.78 is 1.90. The zero-order valence-electron chi connectivity index (χ0n) is 18.3. The first-order valence-electron chi connectivity index (χ1n) is 10.1. The smallest absolute Gasteiger partial charge is 0.151 e. The molecule has 5 heteroatoms. The van der Waals surface area contributed by atoms with Gasteiger partial charge in [-0.1, -0.05) is 43.9 Å². The predicted molar refractivity (Wildman–Crippen MR) is 129 cm³/mol. The molecule has 0 aliphatic rings. The summed E-state index contributed by atoms with van der Waals surface area (Å²) in [7, 11) is 0. The maximum absolute atomic E-state index is 4.62. The monoisotopic (exact) mass is 401 g/mol. The molecule has 0 unspecified atom stereocenters. The Kier molecular flexibility index (Phi) is 9.25. The van der Waals surface area contributed by atoms with Gasteiger partial charge >= 0.3 is 0 Å². The van der Waals surface area contributed by atoms with Crippen molar-refractivity contribution in [2.45, 2.75) is 40.7 Å². The van der Waals surface area contributed by atoms with Crippen LogP contribution >= 0.6 is 0 Å². The highest BCUT2D eigenvalue weighted by atomic mass is 15.3. The van der Waals surface area contributed by atoms with Crippen LogP contribution in [0.3, 0.4) is 0 Å². The maximum Gasteiger partial charge on any atom is 0.151 e. The van der Waals surface area contributed by atoms with E-state index in [1.165, 1.54) is 5.56 Å². The van der Waals surface area contributed by atoms with Gasteiger partial charge in [0.2, 0.25) is 0 Å². The van der Waals surface area contributed by atoms with E-state index in [4.69, 9.17) is 0 Å². The lowest BCUT2D eigenvalue weighted by atomic mass is 10.1. The summed E-state index contributed by atoms with van der Waals surface area (Å²) in [4.78, 5) is 9.14. The van der Waals surface area contributed by atoms with Crippen molar-refractivity contribution in [3.05, 3.63) is 96.6 Å². The molecule has 1 N–H and O–H groups in total. The molecule has 0 spiro atoms. The van der Waals surface area contributed by atoms with Crippen LogP contribution in [-0.2, 0) is 6.54 Å². The van der Waals surface area contributed by atoms with Crippen LogP contribution in [-0.4, -0.2) is 21.3 Å². The Labute approximate surface area is 180 Å². The molecule has 0 amide bonds. The molecule has 1 aromatic heterocycles.